The second kappa shape index (κ2) is 6.12. The average molecular weight is 315 g/mol. The molecule has 3 aromatic rings. The van der Waals surface area contributed by atoms with E-state index < -0.39 is 0 Å². The number of anilines is 1. The van der Waals surface area contributed by atoms with E-state index in [2.05, 4.69) is 10.3 Å². The monoisotopic (exact) mass is 314 g/mol. The quantitative estimate of drug-likeness (QED) is 0.746. The molecule has 0 aliphatic rings. The first-order valence-electron chi connectivity index (χ1n) is 6.99. The van der Waals surface area contributed by atoms with Gasteiger partial charge in [-0.3, -0.25) is 4.79 Å². The number of fused-ring (bicyclic) bond motifs is 1. The molecule has 2 N–H and O–H groups in total. The molecule has 0 fully saturated rings. The van der Waals surface area contributed by atoms with E-state index in [1.807, 2.05) is 37.3 Å². The number of aromatic amines is 1. The summed E-state index contributed by atoms with van der Waals surface area (Å²) in [5.74, 6) is 0.428. The highest BCUT2D eigenvalue weighted by Crippen LogP contribution is 2.25. The Labute approximate surface area is 133 Å². The molecule has 0 aliphatic heterocycles. The van der Waals surface area contributed by atoms with Gasteiger partial charge >= 0.3 is 0 Å². The number of para-hydroxylation sites is 2. The molecule has 2 aromatic carbocycles. The number of carbonyl (C=O) groups is 1. The maximum atomic E-state index is 12.4. The van der Waals surface area contributed by atoms with Crippen LogP contribution in [-0.2, 0) is 0 Å². The number of nitrogens with one attached hydrogen (secondary N) is 2. The topological polar surface area (TPSA) is 54.1 Å². The summed E-state index contributed by atoms with van der Waals surface area (Å²) in [5, 5.41) is 4.42. The minimum Gasteiger partial charge on any atom is -0.492 e. The van der Waals surface area contributed by atoms with Crippen LogP contribution in [0.25, 0.3) is 10.9 Å². The average Bonchev–Trinajstić information content (AvgIpc) is 2.92. The minimum absolute atomic E-state index is 0.223. The third-order valence-corrected chi connectivity index (χ3v) is 3.50. The number of benzene rings is 2. The number of H-pyrrole nitrogens is 1. The van der Waals surface area contributed by atoms with Crippen LogP contribution in [0.1, 0.15) is 17.4 Å². The molecule has 1 amide bonds. The molecule has 0 radical (unpaired) electrons. The van der Waals surface area contributed by atoms with Crippen molar-refractivity contribution < 1.29 is 9.53 Å². The predicted octanol–water partition coefficient (Wildman–Crippen LogP) is 4.47. The summed E-state index contributed by atoms with van der Waals surface area (Å²) in [6, 6.07) is 14.6. The number of amides is 1. The third kappa shape index (κ3) is 2.92. The zero-order chi connectivity index (χ0) is 15.5. The second-order valence-electron chi connectivity index (χ2n) is 4.80. The number of hydrogen-bond acceptors (Lipinski definition) is 2. The maximum absolute atomic E-state index is 12.4. The van der Waals surface area contributed by atoms with Gasteiger partial charge in [-0.15, -0.1) is 0 Å². The van der Waals surface area contributed by atoms with Gasteiger partial charge in [0.25, 0.3) is 5.91 Å². The van der Waals surface area contributed by atoms with E-state index in [1.54, 1.807) is 18.2 Å². The molecule has 1 aromatic heterocycles. The first-order valence-corrected chi connectivity index (χ1v) is 7.36. The van der Waals surface area contributed by atoms with Gasteiger partial charge in [0.15, 0.2) is 0 Å². The van der Waals surface area contributed by atoms with Gasteiger partial charge in [0, 0.05) is 15.9 Å². The highest BCUT2D eigenvalue weighted by molar-refractivity contribution is 6.31. The van der Waals surface area contributed by atoms with E-state index in [0.717, 1.165) is 10.9 Å². The number of halogens is 1. The van der Waals surface area contributed by atoms with Crippen molar-refractivity contribution in [2.45, 2.75) is 6.92 Å². The Balaban J connectivity index is 1.87. The number of carbonyl (C=O) groups excluding carboxylic acids is 1. The summed E-state index contributed by atoms with van der Waals surface area (Å²) >= 11 is 5.96. The smallest absolute Gasteiger partial charge is 0.272 e. The lowest BCUT2D eigenvalue weighted by Gasteiger charge is -2.10. The fourth-order valence-corrected chi connectivity index (χ4v) is 2.43. The molecule has 0 saturated carbocycles. The van der Waals surface area contributed by atoms with Crippen molar-refractivity contribution in [2.24, 2.45) is 0 Å². The second-order valence-corrected chi connectivity index (χ2v) is 5.23. The van der Waals surface area contributed by atoms with Crippen molar-refractivity contribution in [1.82, 2.24) is 4.98 Å². The molecule has 0 saturated heterocycles. The lowest BCUT2D eigenvalue weighted by Crippen LogP contribution is -2.13. The van der Waals surface area contributed by atoms with E-state index in [0.29, 0.717) is 28.8 Å². The molecule has 0 unspecified atom stereocenters. The van der Waals surface area contributed by atoms with Crippen LogP contribution in [0, 0.1) is 0 Å². The predicted molar refractivity (Wildman–Crippen MR) is 88.9 cm³/mol. The van der Waals surface area contributed by atoms with Gasteiger partial charge in [-0.25, -0.2) is 0 Å². The van der Waals surface area contributed by atoms with Crippen LogP contribution >= 0.6 is 11.6 Å². The van der Waals surface area contributed by atoms with Crippen LogP contribution in [-0.4, -0.2) is 17.5 Å². The lowest BCUT2D eigenvalue weighted by molar-refractivity contribution is 0.102. The van der Waals surface area contributed by atoms with Crippen LogP contribution in [0.3, 0.4) is 0 Å². The fourth-order valence-electron chi connectivity index (χ4n) is 2.26. The van der Waals surface area contributed by atoms with Crippen molar-refractivity contribution in [3.05, 3.63) is 59.2 Å². The Morgan fingerprint density at radius 3 is 2.86 bits per heavy atom. The molecule has 3 rings (SSSR count). The SMILES string of the molecule is CCOc1ccccc1NC(=O)c1cc2ccc(Cl)cc2[nH]1. The Hall–Kier alpha value is -2.46. The van der Waals surface area contributed by atoms with Crippen molar-refractivity contribution in [1.29, 1.82) is 0 Å². The van der Waals surface area contributed by atoms with Gasteiger partial charge in [-0.05, 0) is 37.3 Å². The highest BCUT2D eigenvalue weighted by Gasteiger charge is 2.12. The van der Waals surface area contributed by atoms with Gasteiger partial charge in [0.2, 0.25) is 0 Å². The number of hydrogen-bond donors (Lipinski definition) is 2. The molecule has 0 atom stereocenters. The van der Waals surface area contributed by atoms with Crippen LogP contribution in [0.2, 0.25) is 5.02 Å². The van der Waals surface area contributed by atoms with E-state index in [-0.39, 0.29) is 5.91 Å². The molecule has 0 spiro atoms. The Kier molecular flexibility index (Phi) is 4.02. The highest BCUT2D eigenvalue weighted by atomic mass is 35.5. The van der Waals surface area contributed by atoms with Gasteiger partial charge in [-0.1, -0.05) is 29.8 Å². The maximum Gasteiger partial charge on any atom is 0.272 e. The summed E-state index contributed by atoms with van der Waals surface area (Å²) in [5.41, 5.74) is 1.95. The lowest BCUT2D eigenvalue weighted by atomic mass is 10.2. The molecule has 4 nitrogen and oxygen atoms in total. The number of rotatable bonds is 4. The summed E-state index contributed by atoms with van der Waals surface area (Å²) in [7, 11) is 0. The van der Waals surface area contributed by atoms with E-state index >= 15 is 0 Å². The summed E-state index contributed by atoms with van der Waals surface area (Å²) in [4.78, 5) is 15.5. The van der Waals surface area contributed by atoms with Gasteiger partial charge in [0.05, 0.1) is 12.3 Å². The number of aromatic nitrogens is 1. The molecule has 5 heteroatoms. The fraction of sp³-hybridized carbons (Fsp3) is 0.118. The molecule has 0 aliphatic carbocycles. The van der Waals surface area contributed by atoms with Gasteiger partial charge in [-0.2, -0.15) is 0 Å². The Bertz CT molecular complexity index is 826. The summed E-state index contributed by atoms with van der Waals surface area (Å²) in [6.07, 6.45) is 0. The number of ether oxygens (including phenoxy) is 1. The Morgan fingerprint density at radius 1 is 1.23 bits per heavy atom. The van der Waals surface area contributed by atoms with Gasteiger partial charge < -0.3 is 15.0 Å². The zero-order valence-corrected chi connectivity index (χ0v) is 12.8. The molecular weight excluding hydrogens is 300 g/mol. The van der Waals surface area contributed by atoms with E-state index in [4.69, 9.17) is 16.3 Å². The normalized spacial score (nSPS) is 10.6. The van der Waals surface area contributed by atoms with Crippen LogP contribution < -0.4 is 10.1 Å². The first kappa shape index (κ1) is 14.5. The molecule has 22 heavy (non-hydrogen) atoms. The standard InChI is InChI=1S/C17H15ClN2O2/c1-2-22-16-6-4-3-5-13(16)20-17(21)15-9-11-7-8-12(18)10-14(11)19-15/h3-10,19H,2H2,1H3,(H,20,21). The Morgan fingerprint density at radius 2 is 2.05 bits per heavy atom. The molecule has 0 bridgehead atoms. The molecule has 112 valence electrons. The van der Waals surface area contributed by atoms with Crippen molar-refractivity contribution in [2.75, 3.05) is 11.9 Å². The molecular formula is C17H15ClN2O2. The van der Waals surface area contributed by atoms with E-state index in [1.165, 1.54) is 0 Å². The van der Waals surface area contributed by atoms with Crippen LogP contribution in [0.5, 0.6) is 5.75 Å². The van der Waals surface area contributed by atoms with Gasteiger partial charge in [0.1, 0.15) is 11.4 Å². The zero-order valence-electron chi connectivity index (χ0n) is 12.0. The summed E-state index contributed by atoms with van der Waals surface area (Å²) < 4.78 is 5.51. The van der Waals surface area contributed by atoms with Crippen LogP contribution in [0.4, 0.5) is 5.69 Å². The molecule has 1 heterocycles. The van der Waals surface area contributed by atoms with Crippen molar-refractivity contribution in [3.63, 3.8) is 0 Å². The van der Waals surface area contributed by atoms with Crippen LogP contribution in [0.15, 0.2) is 48.5 Å². The van der Waals surface area contributed by atoms with Crippen molar-refractivity contribution in [3.8, 4) is 5.75 Å². The minimum atomic E-state index is -0.223. The summed E-state index contributed by atoms with van der Waals surface area (Å²) in [6.45, 7) is 2.44. The largest absolute Gasteiger partial charge is 0.492 e. The first-order chi connectivity index (χ1) is 10.7. The third-order valence-electron chi connectivity index (χ3n) is 3.26. The van der Waals surface area contributed by atoms with E-state index in [9.17, 15) is 4.79 Å². The van der Waals surface area contributed by atoms with Crippen molar-refractivity contribution >= 4 is 34.1 Å².